The third-order valence-corrected chi connectivity index (χ3v) is 3.22. The Morgan fingerprint density at radius 3 is 2.65 bits per heavy atom. The fraction of sp³-hybridized carbons (Fsp3) is 0.250. The minimum atomic E-state index is -1.34. The fourth-order valence-electron chi connectivity index (χ4n) is 1.97. The molecule has 0 aliphatic rings. The van der Waals surface area contributed by atoms with Crippen molar-refractivity contribution in [3.63, 3.8) is 0 Å². The van der Waals surface area contributed by atoms with Gasteiger partial charge in [-0.2, -0.15) is 0 Å². The van der Waals surface area contributed by atoms with E-state index in [0.29, 0.717) is 11.3 Å². The summed E-state index contributed by atoms with van der Waals surface area (Å²) in [5.41, 5.74) is 0.458. The van der Waals surface area contributed by atoms with E-state index in [1.165, 1.54) is 7.11 Å². The molecule has 1 aromatic heterocycles. The molecule has 7 heteroatoms. The van der Waals surface area contributed by atoms with Crippen LogP contribution in [0.3, 0.4) is 0 Å². The van der Waals surface area contributed by atoms with Gasteiger partial charge in [-0.05, 0) is 17.7 Å². The second kappa shape index (κ2) is 7.64. The molecule has 1 aromatic carbocycles. The Hall–Kier alpha value is -2.54. The van der Waals surface area contributed by atoms with E-state index < -0.39 is 23.6 Å². The van der Waals surface area contributed by atoms with Crippen molar-refractivity contribution in [1.29, 1.82) is 0 Å². The first kappa shape index (κ1) is 16.8. The Bertz CT molecular complexity index is 678. The molecule has 1 heterocycles. The van der Waals surface area contributed by atoms with Crippen LogP contribution in [0.2, 0.25) is 0 Å². The van der Waals surface area contributed by atoms with Crippen LogP contribution >= 0.6 is 0 Å². The molecule has 2 aromatic rings. The van der Waals surface area contributed by atoms with Gasteiger partial charge in [-0.25, -0.2) is 8.78 Å². The second-order valence-corrected chi connectivity index (χ2v) is 4.80. The summed E-state index contributed by atoms with van der Waals surface area (Å²) in [5, 5.41) is 12.4. The maximum atomic E-state index is 13.4. The van der Waals surface area contributed by atoms with Crippen molar-refractivity contribution >= 4 is 5.91 Å². The van der Waals surface area contributed by atoms with E-state index in [9.17, 15) is 18.7 Å². The molecule has 1 amide bonds. The van der Waals surface area contributed by atoms with E-state index in [0.717, 1.165) is 12.3 Å². The molecule has 5 nitrogen and oxygen atoms in total. The van der Waals surface area contributed by atoms with Crippen LogP contribution in [-0.4, -0.2) is 29.7 Å². The van der Waals surface area contributed by atoms with E-state index in [2.05, 4.69) is 10.3 Å². The molecule has 0 saturated heterocycles. The van der Waals surface area contributed by atoms with Crippen molar-refractivity contribution in [2.24, 2.45) is 0 Å². The molecule has 23 heavy (non-hydrogen) atoms. The van der Waals surface area contributed by atoms with Crippen molar-refractivity contribution < 1.29 is 23.4 Å². The molecule has 0 radical (unpaired) electrons. The lowest BCUT2D eigenvalue weighted by Gasteiger charge is -2.12. The number of rotatable bonds is 6. The van der Waals surface area contributed by atoms with Crippen molar-refractivity contribution in [2.75, 3.05) is 13.7 Å². The van der Waals surface area contributed by atoms with Crippen LogP contribution in [0, 0.1) is 11.6 Å². The van der Waals surface area contributed by atoms with E-state index >= 15 is 0 Å². The smallest absolute Gasteiger partial charge is 0.253 e. The van der Waals surface area contributed by atoms with Gasteiger partial charge in [0.2, 0.25) is 0 Å². The second-order valence-electron chi connectivity index (χ2n) is 4.80. The summed E-state index contributed by atoms with van der Waals surface area (Å²) in [5.74, 6) is -1.53. The number of carbonyl (C=O) groups is 1. The first-order valence-electron chi connectivity index (χ1n) is 6.91. The Kier molecular flexibility index (Phi) is 5.59. The van der Waals surface area contributed by atoms with Crippen LogP contribution in [0.5, 0.6) is 5.75 Å². The minimum Gasteiger partial charge on any atom is -0.497 e. The highest BCUT2D eigenvalue weighted by Gasteiger charge is 2.17. The first-order chi connectivity index (χ1) is 11.0. The van der Waals surface area contributed by atoms with Gasteiger partial charge in [-0.1, -0.05) is 12.1 Å². The monoisotopic (exact) mass is 322 g/mol. The number of ether oxygens (including phenoxy) is 1. The van der Waals surface area contributed by atoms with Gasteiger partial charge in [0.05, 0.1) is 19.0 Å². The molecule has 1 atom stereocenters. The molecule has 0 fully saturated rings. The summed E-state index contributed by atoms with van der Waals surface area (Å²) in [6.07, 6.45) is -0.341. The number of pyridine rings is 1. The van der Waals surface area contributed by atoms with Gasteiger partial charge in [0.25, 0.3) is 5.91 Å². The summed E-state index contributed by atoms with van der Waals surface area (Å²) >= 11 is 0. The van der Waals surface area contributed by atoms with Gasteiger partial charge in [0, 0.05) is 19.0 Å². The number of benzene rings is 1. The van der Waals surface area contributed by atoms with Gasteiger partial charge < -0.3 is 15.2 Å². The predicted molar refractivity (Wildman–Crippen MR) is 78.8 cm³/mol. The highest BCUT2D eigenvalue weighted by molar-refractivity contribution is 5.81. The van der Waals surface area contributed by atoms with Crippen LogP contribution in [0.1, 0.15) is 17.4 Å². The van der Waals surface area contributed by atoms with Crippen LogP contribution in [0.25, 0.3) is 0 Å². The number of aromatic nitrogens is 1. The number of hydrogen-bond acceptors (Lipinski definition) is 4. The Morgan fingerprint density at radius 2 is 2.04 bits per heavy atom. The molecule has 122 valence electrons. The molecular formula is C16H16F2N2O3. The largest absolute Gasteiger partial charge is 0.497 e. The van der Waals surface area contributed by atoms with Gasteiger partial charge in [-0.15, -0.1) is 0 Å². The third-order valence-electron chi connectivity index (χ3n) is 3.22. The lowest BCUT2D eigenvalue weighted by atomic mass is 10.1. The van der Waals surface area contributed by atoms with Gasteiger partial charge >= 0.3 is 0 Å². The molecule has 2 rings (SSSR count). The van der Waals surface area contributed by atoms with E-state index in [1.54, 1.807) is 24.3 Å². The summed E-state index contributed by atoms with van der Waals surface area (Å²) in [7, 11) is 1.51. The lowest BCUT2D eigenvalue weighted by Crippen LogP contribution is -2.31. The van der Waals surface area contributed by atoms with Gasteiger partial charge in [-0.3, -0.25) is 9.78 Å². The Labute approximate surface area is 131 Å². The molecule has 0 saturated carbocycles. The van der Waals surface area contributed by atoms with Crippen molar-refractivity contribution in [3.8, 4) is 5.75 Å². The molecular weight excluding hydrogens is 306 g/mol. The average Bonchev–Trinajstić information content (AvgIpc) is 2.56. The van der Waals surface area contributed by atoms with Crippen molar-refractivity contribution in [1.82, 2.24) is 10.3 Å². The number of carbonyl (C=O) groups excluding carboxylic acids is 1. The van der Waals surface area contributed by atoms with Gasteiger partial charge in [0.1, 0.15) is 17.4 Å². The molecule has 2 N–H and O–H groups in total. The normalized spacial score (nSPS) is 11.8. The van der Waals surface area contributed by atoms with Crippen LogP contribution in [0.15, 0.2) is 36.5 Å². The van der Waals surface area contributed by atoms with Crippen LogP contribution in [0.4, 0.5) is 8.78 Å². The molecule has 0 aliphatic carbocycles. The Morgan fingerprint density at radius 1 is 1.35 bits per heavy atom. The quantitative estimate of drug-likeness (QED) is 0.850. The average molecular weight is 322 g/mol. The number of nitrogens with one attached hydrogen (secondary N) is 1. The number of aliphatic hydroxyl groups is 1. The van der Waals surface area contributed by atoms with Crippen molar-refractivity contribution in [3.05, 3.63) is 59.4 Å². The zero-order valence-electron chi connectivity index (χ0n) is 12.4. The van der Waals surface area contributed by atoms with Crippen LogP contribution in [-0.2, 0) is 11.2 Å². The van der Waals surface area contributed by atoms with Crippen molar-refractivity contribution in [2.45, 2.75) is 12.5 Å². The minimum absolute atomic E-state index is 0.0469. The standard InChI is InChI=1S/C16H16F2N2O3/c1-23-12-4-2-10(3-5-12)15(21)16(22)19-7-6-14-13(18)8-11(17)9-20-14/h2-5,8-9,15,21H,6-7H2,1H3,(H,19,22)/t15-/m1/s1. The summed E-state index contributed by atoms with van der Waals surface area (Å²) in [6.45, 7) is 0.0710. The maximum absolute atomic E-state index is 13.4. The SMILES string of the molecule is COc1ccc([C@@H](O)C(=O)NCCc2ncc(F)cc2F)cc1. The molecule has 0 spiro atoms. The zero-order chi connectivity index (χ0) is 16.8. The van der Waals surface area contributed by atoms with E-state index in [1.807, 2.05) is 0 Å². The molecule has 0 aliphatic heterocycles. The maximum Gasteiger partial charge on any atom is 0.253 e. The number of methoxy groups -OCH3 is 1. The fourth-order valence-corrected chi connectivity index (χ4v) is 1.97. The predicted octanol–water partition coefficient (Wildman–Crippen LogP) is 1.76. The van der Waals surface area contributed by atoms with Gasteiger partial charge in [0.15, 0.2) is 6.10 Å². The highest BCUT2D eigenvalue weighted by Crippen LogP contribution is 2.17. The highest BCUT2D eigenvalue weighted by atomic mass is 19.1. The summed E-state index contributed by atoms with van der Waals surface area (Å²) < 4.78 is 31.1. The number of halogens is 2. The zero-order valence-corrected chi connectivity index (χ0v) is 12.4. The number of hydrogen-bond donors (Lipinski definition) is 2. The van der Waals surface area contributed by atoms with E-state index in [-0.39, 0.29) is 18.7 Å². The first-order valence-corrected chi connectivity index (χ1v) is 6.91. The Balaban J connectivity index is 1.88. The summed E-state index contributed by atoms with van der Waals surface area (Å²) in [4.78, 5) is 15.5. The van der Waals surface area contributed by atoms with E-state index in [4.69, 9.17) is 4.74 Å². The number of nitrogens with zero attached hydrogens (tertiary/aromatic N) is 1. The van der Waals surface area contributed by atoms with Crippen LogP contribution < -0.4 is 10.1 Å². The lowest BCUT2D eigenvalue weighted by molar-refractivity contribution is -0.129. The number of amides is 1. The molecule has 0 bridgehead atoms. The number of aliphatic hydroxyl groups excluding tert-OH is 1. The molecule has 0 unspecified atom stereocenters. The third kappa shape index (κ3) is 4.46. The topological polar surface area (TPSA) is 71.5 Å². The summed E-state index contributed by atoms with van der Waals surface area (Å²) in [6, 6.07) is 7.14.